The number of H-pyrrole nitrogens is 1. The largest absolute Gasteiger partial charge is 0.461 e. The Kier molecular flexibility index (Phi) is 3.71. The standard InChI is InChI=1S/C17H18N2O3/c1-3-22-17(21)15-10-13-9-12(6-7-14(13)18-15)11(2)19-8-4-5-16(19)20/h6-7,9-10,18H,2-5,8H2,1H3. The number of aromatic amines is 1. The molecule has 0 spiro atoms. The molecule has 0 atom stereocenters. The number of hydrogen-bond donors (Lipinski definition) is 1. The van der Waals surface area contributed by atoms with E-state index in [2.05, 4.69) is 11.6 Å². The number of hydrogen-bond acceptors (Lipinski definition) is 3. The van der Waals surface area contributed by atoms with E-state index >= 15 is 0 Å². The van der Waals surface area contributed by atoms with Gasteiger partial charge < -0.3 is 14.6 Å². The Balaban J connectivity index is 1.91. The highest BCUT2D eigenvalue weighted by molar-refractivity contribution is 5.96. The van der Waals surface area contributed by atoms with Crippen molar-refractivity contribution in [2.24, 2.45) is 0 Å². The van der Waals surface area contributed by atoms with E-state index in [1.54, 1.807) is 17.9 Å². The fourth-order valence-corrected chi connectivity index (χ4v) is 2.72. The molecule has 22 heavy (non-hydrogen) atoms. The molecule has 1 aliphatic rings. The molecule has 1 fully saturated rings. The maximum absolute atomic E-state index is 11.8. The van der Waals surface area contributed by atoms with Crippen LogP contribution in [0.3, 0.4) is 0 Å². The van der Waals surface area contributed by atoms with Gasteiger partial charge in [0.15, 0.2) is 0 Å². The molecule has 2 aromatic rings. The Labute approximate surface area is 128 Å². The summed E-state index contributed by atoms with van der Waals surface area (Å²) in [5.74, 6) is -0.250. The zero-order valence-corrected chi connectivity index (χ0v) is 12.5. The van der Waals surface area contributed by atoms with Crippen LogP contribution in [0.25, 0.3) is 16.6 Å². The molecular weight excluding hydrogens is 280 g/mol. The summed E-state index contributed by atoms with van der Waals surface area (Å²) >= 11 is 0. The molecule has 1 aromatic heterocycles. The second kappa shape index (κ2) is 5.67. The SMILES string of the molecule is C=C(c1ccc2[nH]c(C(=O)OCC)cc2c1)N1CCCC1=O. The molecular formula is C17H18N2O3. The normalized spacial score (nSPS) is 14.6. The first-order valence-corrected chi connectivity index (χ1v) is 7.39. The van der Waals surface area contributed by atoms with Crippen LogP contribution in [-0.2, 0) is 9.53 Å². The van der Waals surface area contributed by atoms with E-state index in [9.17, 15) is 9.59 Å². The molecule has 0 aliphatic carbocycles. The molecule has 0 bridgehead atoms. The Morgan fingerprint density at radius 1 is 1.41 bits per heavy atom. The van der Waals surface area contributed by atoms with E-state index < -0.39 is 0 Å². The molecule has 2 heterocycles. The van der Waals surface area contributed by atoms with Gasteiger partial charge in [-0.15, -0.1) is 0 Å². The number of fused-ring (bicyclic) bond motifs is 1. The lowest BCUT2D eigenvalue weighted by molar-refractivity contribution is -0.124. The number of carbonyl (C=O) groups is 2. The van der Waals surface area contributed by atoms with E-state index in [1.165, 1.54) is 0 Å². The van der Waals surface area contributed by atoms with Crippen LogP contribution in [0, 0.1) is 0 Å². The summed E-state index contributed by atoms with van der Waals surface area (Å²) < 4.78 is 4.99. The molecule has 0 unspecified atom stereocenters. The second-order valence-electron chi connectivity index (χ2n) is 5.30. The van der Waals surface area contributed by atoms with E-state index in [0.717, 1.165) is 29.4 Å². The van der Waals surface area contributed by atoms with Crippen molar-refractivity contribution >= 4 is 28.5 Å². The van der Waals surface area contributed by atoms with E-state index in [0.29, 0.717) is 24.4 Å². The van der Waals surface area contributed by atoms with Gasteiger partial charge in [-0.25, -0.2) is 4.79 Å². The molecule has 3 rings (SSSR count). The van der Waals surface area contributed by atoms with Crippen molar-refractivity contribution in [3.8, 4) is 0 Å². The lowest BCUT2D eigenvalue weighted by Crippen LogP contribution is -2.22. The van der Waals surface area contributed by atoms with Crippen molar-refractivity contribution in [2.75, 3.05) is 13.2 Å². The minimum atomic E-state index is -0.367. The quantitative estimate of drug-likeness (QED) is 0.883. The Hall–Kier alpha value is -2.56. The molecule has 5 heteroatoms. The average Bonchev–Trinajstić information content (AvgIpc) is 3.11. The number of likely N-dealkylation sites (tertiary alicyclic amines) is 1. The minimum Gasteiger partial charge on any atom is -0.461 e. The number of carbonyl (C=O) groups excluding carboxylic acids is 2. The van der Waals surface area contributed by atoms with Crippen molar-refractivity contribution in [3.05, 3.63) is 42.1 Å². The summed E-state index contributed by atoms with van der Waals surface area (Å²) in [7, 11) is 0. The molecule has 1 aromatic carbocycles. The number of aromatic nitrogens is 1. The fourth-order valence-electron chi connectivity index (χ4n) is 2.72. The number of nitrogens with one attached hydrogen (secondary N) is 1. The van der Waals surface area contributed by atoms with Gasteiger partial charge in [0.25, 0.3) is 0 Å². The van der Waals surface area contributed by atoms with Gasteiger partial charge in [0.1, 0.15) is 5.69 Å². The number of nitrogens with zero attached hydrogens (tertiary/aromatic N) is 1. The predicted octanol–water partition coefficient (Wildman–Crippen LogP) is 2.94. The maximum atomic E-state index is 11.8. The molecule has 1 amide bonds. The average molecular weight is 298 g/mol. The first-order chi connectivity index (χ1) is 10.6. The summed E-state index contributed by atoms with van der Waals surface area (Å²) in [4.78, 5) is 28.3. The van der Waals surface area contributed by atoms with Gasteiger partial charge in [-0.2, -0.15) is 0 Å². The van der Waals surface area contributed by atoms with E-state index in [1.807, 2.05) is 18.2 Å². The van der Waals surface area contributed by atoms with E-state index in [4.69, 9.17) is 4.74 Å². The Bertz CT molecular complexity index is 760. The van der Waals surface area contributed by atoms with Crippen LogP contribution in [-0.4, -0.2) is 34.9 Å². The van der Waals surface area contributed by atoms with Crippen molar-refractivity contribution < 1.29 is 14.3 Å². The number of ether oxygens (including phenoxy) is 1. The highest BCUT2D eigenvalue weighted by Gasteiger charge is 2.23. The molecule has 1 aliphatic heterocycles. The summed E-state index contributed by atoms with van der Waals surface area (Å²) in [6.07, 6.45) is 1.45. The maximum Gasteiger partial charge on any atom is 0.354 e. The number of benzene rings is 1. The molecule has 0 saturated carbocycles. The lowest BCUT2D eigenvalue weighted by Gasteiger charge is -2.18. The number of rotatable bonds is 4. The first kappa shape index (κ1) is 14.4. The monoisotopic (exact) mass is 298 g/mol. The number of esters is 1. The third-order valence-corrected chi connectivity index (χ3v) is 3.85. The van der Waals surface area contributed by atoms with Gasteiger partial charge in [-0.3, -0.25) is 4.79 Å². The van der Waals surface area contributed by atoms with Crippen LogP contribution in [0.2, 0.25) is 0 Å². The highest BCUT2D eigenvalue weighted by atomic mass is 16.5. The van der Waals surface area contributed by atoms with Crippen molar-refractivity contribution in [1.82, 2.24) is 9.88 Å². The summed E-state index contributed by atoms with van der Waals surface area (Å²) in [6, 6.07) is 7.49. The van der Waals surface area contributed by atoms with Crippen molar-refractivity contribution in [2.45, 2.75) is 19.8 Å². The van der Waals surface area contributed by atoms with Gasteiger partial charge in [-0.1, -0.05) is 12.6 Å². The smallest absolute Gasteiger partial charge is 0.354 e. The molecule has 1 saturated heterocycles. The van der Waals surface area contributed by atoms with Crippen LogP contribution in [0.1, 0.15) is 35.8 Å². The van der Waals surface area contributed by atoms with E-state index in [-0.39, 0.29) is 11.9 Å². The molecule has 5 nitrogen and oxygen atoms in total. The van der Waals surface area contributed by atoms with Crippen molar-refractivity contribution in [3.63, 3.8) is 0 Å². The zero-order valence-electron chi connectivity index (χ0n) is 12.5. The van der Waals surface area contributed by atoms with Crippen LogP contribution < -0.4 is 0 Å². The van der Waals surface area contributed by atoms with Gasteiger partial charge >= 0.3 is 5.97 Å². The van der Waals surface area contributed by atoms with Gasteiger partial charge in [0.2, 0.25) is 5.91 Å². The van der Waals surface area contributed by atoms with Crippen LogP contribution >= 0.6 is 0 Å². The third kappa shape index (κ3) is 2.50. The molecule has 1 N–H and O–H groups in total. The Morgan fingerprint density at radius 3 is 2.91 bits per heavy atom. The lowest BCUT2D eigenvalue weighted by atomic mass is 10.1. The number of amides is 1. The van der Waals surface area contributed by atoms with Gasteiger partial charge in [-0.05, 0) is 37.1 Å². The first-order valence-electron chi connectivity index (χ1n) is 7.39. The summed E-state index contributed by atoms with van der Waals surface area (Å²) in [5.41, 5.74) is 2.88. The van der Waals surface area contributed by atoms with Crippen LogP contribution in [0.5, 0.6) is 0 Å². The topological polar surface area (TPSA) is 62.4 Å². The third-order valence-electron chi connectivity index (χ3n) is 3.85. The van der Waals surface area contributed by atoms with Gasteiger partial charge in [0, 0.05) is 29.6 Å². The molecule has 0 radical (unpaired) electrons. The Morgan fingerprint density at radius 2 is 2.23 bits per heavy atom. The fraction of sp³-hybridized carbons (Fsp3) is 0.294. The van der Waals surface area contributed by atoms with Crippen LogP contribution in [0.4, 0.5) is 0 Å². The molecule has 114 valence electrons. The van der Waals surface area contributed by atoms with Gasteiger partial charge in [0.05, 0.1) is 6.61 Å². The summed E-state index contributed by atoms with van der Waals surface area (Å²) in [6.45, 7) is 6.87. The summed E-state index contributed by atoms with van der Waals surface area (Å²) in [5, 5.41) is 0.897. The highest BCUT2D eigenvalue weighted by Crippen LogP contribution is 2.26. The second-order valence-corrected chi connectivity index (χ2v) is 5.30. The zero-order chi connectivity index (χ0) is 15.7. The minimum absolute atomic E-state index is 0.117. The predicted molar refractivity (Wildman–Crippen MR) is 84.2 cm³/mol. The van der Waals surface area contributed by atoms with Crippen molar-refractivity contribution in [1.29, 1.82) is 0 Å². The van der Waals surface area contributed by atoms with Crippen LogP contribution in [0.15, 0.2) is 30.8 Å².